The molecule has 1 saturated heterocycles. The normalized spacial score (nSPS) is 18.3. The van der Waals surface area contributed by atoms with Crippen molar-refractivity contribution in [3.05, 3.63) is 78.1 Å². The molecular weight excluding hydrogens is 398 g/mol. The Hall–Kier alpha value is -3.26. The van der Waals surface area contributed by atoms with Gasteiger partial charge in [-0.1, -0.05) is 6.07 Å². The van der Waals surface area contributed by atoms with E-state index < -0.39 is 0 Å². The topological polar surface area (TPSA) is 72.3 Å². The minimum absolute atomic E-state index is 0.0605. The van der Waals surface area contributed by atoms with Crippen LogP contribution in [0.15, 0.2) is 61.1 Å². The van der Waals surface area contributed by atoms with Crippen LogP contribution in [0.3, 0.4) is 0 Å². The molecule has 0 aliphatic carbocycles. The molecule has 8 heteroatoms. The van der Waals surface area contributed by atoms with Crippen LogP contribution >= 0.6 is 12.2 Å². The van der Waals surface area contributed by atoms with E-state index >= 15 is 0 Å². The Labute approximate surface area is 180 Å². The molecule has 30 heavy (non-hydrogen) atoms. The van der Waals surface area contributed by atoms with Crippen LogP contribution in [-0.2, 0) is 9.53 Å². The molecule has 0 bridgehead atoms. The van der Waals surface area contributed by atoms with Crippen molar-refractivity contribution in [1.82, 2.24) is 24.8 Å². The van der Waals surface area contributed by atoms with Crippen molar-refractivity contribution in [1.29, 1.82) is 0 Å². The molecule has 4 heterocycles. The molecule has 0 unspecified atom stereocenters. The molecule has 4 rings (SSSR count). The van der Waals surface area contributed by atoms with E-state index in [1.165, 1.54) is 0 Å². The predicted molar refractivity (Wildman–Crippen MR) is 117 cm³/mol. The fourth-order valence-electron chi connectivity index (χ4n) is 3.87. The second kappa shape index (κ2) is 8.62. The van der Waals surface area contributed by atoms with Crippen molar-refractivity contribution in [3.63, 3.8) is 0 Å². The quantitative estimate of drug-likeness (QED) is 0.484. The lowest BCUT2D eigenvalue weighted by molar-refractivity contribution is -0.143. The van der Waals surface area contributed by atoms with Crippen molar-refractivity contribution in [3.8, 4) is 5.69 Å². The highest BCUT2D eigenvalue weighted by Crippen LogP contribution is 2.40. The van der Waals surface area contributed by atoms with Gasteiger partial charge in [-0.05, 0) is 62.5 Å². The number of carbonyl (C=O) groups excluding carboxylic acids is 1. The van der Waals surface area contributed by atoms with Gasteiger partial charge in [-0.15, -0.1) is 0 Å². The molecule has 0 spiro atoms. The van der Waals surface area contributed by atoms with Gasteiger partial charge >= 0.3 is 5.97 Å². The van der Waals surface area contributed by atoms with Crippen LogP contribution in [0.2, 0.25) is 0 Å². The van der Waals surface area contributed by atoms with E-state index in [-0.39, 0.29) is 24.6 Å². The Kier molecular flexibility index (Phi) is 5.76. The fraction of sp³-hybridized carbons (Fsp3) is 0.273. The smallest absolute Gasteiger partial charge is 0.325 e. The lowest BCUT2D eigenvalue weighted by atomic mass is 10.0. The molecule has 7 nitrogen and oxygen atoms in total. The van der Waals surface area contributed by atoms with Gasteiger partial charge in [-0.3, -0.25) is 14.8 Å². The molecule has 154 valence electrons. The van der Waals surface area contributed by atoms with Gasteiger partial charge in [0.2, 0.25) is 0 Å². The molecule has 3 aromatic rings. The number of nitrogens with one attached hydrogen (secondary N) is 1. The Morgan fingerprint density at radius 2 is 2.07 bits per heavy atom. The van der Waals surface area contributed by atoms with E-state index in [1.54, 1.807) is 19.3 Å². The SMILES string of the molecule is CCOC(=O)CN1C(=S)N[C@H](c2ccccn2)[C@H]1c1ccc(C)n1-c1cccnc1. The number of aromatic nitrogens is 3. The Morgan fingerprint density at radius 1 is 1.20 bits per heavy atom. The van der Waals surface area contributed by atoms with Gasteiger partial charge in [-0.2, -0.15) is 0 Å². The Bertz CT molecular complexity index is 1040. The van der Waals surface area contributed by atoms with Crippen LogP contribution in [0.4, 0.5) is 0 Å². The van der Waals surface area contributed by atoms with Crippen molar-refractivity contribution in [2.45, 2.75) is 25.9 Å². The van der Waals surface area contributed by atoms with E-state index in [9.17, 15) is 4.79 Å². The van der Waals surface area contributed by atoms with Crippen LogP contribution in [-0.4, -0.2) is 43.7 Å². The standard InChI is InChI=1S/C22H23N5O2S/c1-3-29-19(28)14-26-21(20(25-22(26)30)17-8-4-5-12-24-17)18-10-9-15(2)27(18)16-7-6-11-23-13-16/h4-13,20-21H,3,14H2,1-2H3,(H,25,30)/t20-,21-/m1/s1. The van der Waals surface area contributed by atoms with E-state index in [0.717, 1.165) is 22.8 Å². The van der Waals surface area contributed by atoms with E-state index in [1.807, 2.05) is 48.4 Å². The third kappa shape index (κ3) is 3.78. The second-order valence-electron chi connectivity index (χ2n) is 7.01. The molecule has 1 fully saturated rings. The summed E-state index contributed by atoms with van der Waals surface area (Å²) in [7, 11) is 0. The summed E-state index contributed by atoms with van der Waals surface area (Å²) in [5, 5.41) is 3.86. The largest absolute Gasteiger partial charge is 0.465 e. The van der Waals surface area contributed by atoms with Gasteiger partial charge in [0.25, 0.3) is 0 Å². The number of hydrogen-bond donors (Lipinski definition) is 1. The third-order valence-electron chi connectivity index (χ3n) is 5.12. The van der Waals surface area contributed by atoms with E-state index in [4.69, 9.17) is 17.0 Å². The van der Waals surface area contributed by atoms with Crippen molar-refractivity contribution in [2.75, 3.05) is 13.2 Å². The number of rotatable bonds is 6. The molecular formula is C22H23N5O2S. The number of carbonyl (C=O) groups is 1. The summed E-state index contributed by atoms with van der Waals surface area (Å²) in [4.78, 5) is 23.0. The molecule has 2 atom stereocenters. The first-order valence-electron chi connectivity index (χ1n) is 9.82. The number of aryl methyl sites for hydroxylation is 1. The molecule has 0 amide bonds. The predicted octanol–water partition coefficient (Wildman–Crippen LogP) is 3.11. The molecule has 0 aromatic carbocycles. The molecule has 1 N–H and O–H groups in total. The summed E-state index contributed by atoms with van der Waals surface area (Å²) in [6.45, 7) is 4.23. The first-order chi connectivity index (χ1) is 14.6. The first kappa shape index (κ1) is 20.0. The maximum absolute atomic E-state index is 12.3. The third-order valence-corrected chi connectivity index (χ3v) is 5.47. The fourth-order valence-corrected chi connectivity index (χ4v) is 4.18. The Balaban J connectivity index is 1.82. The highest BCUT2D eigenvalue weighted by molar-refractivity contribution is 7.80. The van der Waals surface area contributed by atoms with Crippen LogP contribution < -0.4 is 5.32 Å². The maximum atomic E-state index is 12.3. The summed E-state index contributed by atoms with van der Waals surface area (Å²) in [6.07, 6.45) is 5.33. The minimum atomic E-state index is -0.315. The summed E-state index contributed by atoms with van der Waals surface area (Å²) >= 11 is 5.62. The molecule has 3 aromatic heterocycles. The van der Waals surface area contributed by atoms with E-state index in [0.29, 0.717) is 11.7 Å². The van der Waals surface area contributed by atoms with Crippen molar-refractivity contribution >= 4 is 23.3 Å². The zero-order valence-corrected chi connectivity index (χ0v) is 17.7. The van der Waals surface area contributed by atoms with Crippen LogP contribution in [0.5, 0.6) is 0 Å². The molecule has 1 aliphatic heterocycles. The average Bonchev–Trinajstić information content (AvgIpc) is 3.29. The Morgan fingerprint density at radius 3 is 2.77 bits per heavy atom. The summed E-state index contributed by atoms with van der Waals surface area (Å²) < 4.78 is 7.34. The first-order valence-corrected chi connectivity index (χ1v) is 10.2. The second-order valence-corrected chi connectivity index (χ2v) is 7.39. The van der Waals surface area contributed by atoms with Gasteiger partial charge in [0.15, 0.2) is 5.11 Å². The van der Waals surface area contributed by atoms with Crippen LogP contribution in [0, 0.1) is 6.92 Å². The summed E-state index contributed by atoms with van der Waals surface area (Å²) in [5.41, 5.74) is 3.86. The number of hydrogen-bond acceptors (Lipinski definition) is 5. The molecule has 0 saturated carbocycles. The maximum Gasteiger partial charge on any atom is 0.325 e. The van der Waals surface area contributed by atoms with Crippen molar-refractivity contribution < 1.29 is 9.53 Å². The highest BCUT2D eigenvalue weighted by atomic mass is 32.1. The van der Waals surface area contributed by atoms with Crippen LogP contribution in [0.25, 0.3) is 5.69 Å². The average molecular weight is 422 g/mol. The van der Waals surface area contributed by atoms with E-state index in [2.05, 4.69) is 32.0 Å². The van der Waals surface area contributed by atoms with Crippen molar-refractivity contribution in [2.24, 2.45) is 0 Å². The van der Waals surface area contributed by atoms with Gasteiger partial charge in [-0.25, -0.2) is 0 Å². The van der Waals surface area contributed by atoms with Gasteiger partial charge in [0.1, 0.15) is 6.54 Å². The molecule has 0 radical (unpaired) electrons. The number of ether oxygens (including phenoxy) is 1. The lowest BCUT2D eigenvalue weighted by Crippen LogP contribution is -2.36. The van der Waals surface area contributed by atoms with Gasteiger partial charge in [0, 0.05) is 23.8 Å². The zero-order valence-electron chi connectivity index (χ0n) is 16.9. The number of thiocarbonyl (C=S) groups is 1. The highest BCUT2D eigenvalue weighted by Gasteiger charge is 2.42. The van der Waals surface area contributed by atoms with Gasteiger partial charge in [0.05, 0.1) is 36.3 Å². The monoisotopic (exact) mass is 421 g/mol. The number of esters is 1. The lowest BCUT2D eigenvalue weighted by Gasteiger charge is -2.28. The summed E-state index contributed by atoms with van der Waals surface area (Å²) in [6, 6.07) is 13.4. The number of pyridine rings is 2. The summed E-state index contributed by atoms with van der Waals surface area (Å²) in [5.74, 6) is -0.315. The van der Waals surface area contributed by atoms with Gasteiger partial charge < -0.3 is 19.5 Å². The van der Waals surface area contributed by atoms with Crippen LogP contribution in [0.1, 0.15) is 36.1 Å². The number of nitrogens with zero attached hydrogens (tertiary/aromatic N) is 4. The zero-order chi connectivity index (χ0) is 21.1. The minimum Gasteiger partial charge on any atom is -0.465 e. The molecule has 1 aliphatic rings.